The van der Waals surface area contributed by atoms with Crippen molar-refractivity contribution in [3.63, 3.8) is 0 Å². The molecule has 4 rings (SSSR count). The van der Waals surface area contributed by atoms with Crippen LogP contribution in [0.25, 0.3) is 23.0 Å². The molecule has 1 N–H and O–H groups in total. The normalized spacial score (nSPS) is 17.7. The lowest BCUT2D eigenvalue weighted by atomic mass is 10.1. The van der Waals surface area contributed by atoms with Gasteiger partial charge in [-0.3, -0.25) is 9.67 Å². The Balaban J connectivity index is 0.00000156. The summed E-state index contributed by atoms with van der Waals surface area (Å²) in [6.07, 6.45) is 7.70. The first-order valence-electron chi connectivity index (χ1n) is 7.40. The van der Waals surface area contributed by atoms with Gasteiger partial charge in [0.05, 0.1) is 6.04 Å². The van der Waals surface area contributed by atoms with Gasteiger partial charge in [0.15, 0.2) is 5.69 Å². The molecule has 7 nitrogen and oxygen atoms in total. The van der Waals surface area contributed by atoms with Crippen LogP contribution in [0.4, 0.5) is 0 Å². The number of piperidine rings is 1. The molecule has 3 aromatic heterocycles. The zero-order valence-corrected chi connectivity index (χ0v) is 13.2. The van der Waals surface area contributed by atoms with Crippen molar-refractivity contribution >= 4 is 12.4 Å². The number of hydrogen-bond acceptors (Lipinski definition) is 6. The van der Waals surface area contributed by atoms with Crippen LogP contribution in [0.3, 0.4) is 0 Å². The maximum atomic E-state index is 5.33. The quantitative estimate of drug-likeness (QED) is 0.792. The number of rotatable bonds is 3. The molecule has 1 saturated heterocycles. The fourth-order valence-electron chi connectivity index (χ4n) is 2.66. The zero-order valence-electron chi connectivity index (χ0n) is 12.4. The van der Waals surface area contributed by atoms with Crippen LogP contribution in [-0.2, 0) is 0 Å². The second-order valence-corrected chi connectivity index (χ2v) is 5.34. The van der Waals surface area contributed by atoms with E-state index >= 15 is 0 Å². The third-order valence-electron chi connectivity index (χ3n) is 3.84. The Morgan fingerprint density at radius 3 is 2.87 bits per heavy atom. The van der Waals surface area contributed by atoms with Crippen molar-refractivity contribution in [3.8, 4) is 23.0 Å². The number of nitrogens with one attached hydrogen (secondary N) is 1. The van der Waals surface area contributed by atoms with Crippen LogP contribution in [0.15, 0.2) is 41.3 Å². The summed E-state index contributed by atoms with van der Waals surface area (Å²) in [5, 5.41) is 12.0. The Bertz CT molecular complexity index is 750. The molecule has 1 aliphatic heterocycles. The molecule has 8 heteroatoms. The van der Waals surface area contributed by atoms with Gasteiger partial charge in [0, 0.05) is 30.7 Å². The molecule has 0 amide bonds. The van der Waals surface area contributed by atoms with E-state index in [2.05, 4.69) is 25.5 Å². The molecule has 0 aliphatic carbocycles. The predicted octanol–water partition coefficient (Wildman–Crippen LogP) is 2.34. The lowest BCUT2D eigenvalue weighted by molar-refractivity contribution is 0.346. The number of halogens is 1. The summed E-state index contributed by atoms with van der Waals surface area (Å²) in [7, 11) is 0. The van der Waals surface area contributed by atoms with Crippen LogP contribution >= 0.6 is 12.4 Å². The van der Waals surface area contributed by atoms with E-state index in [1.807, 2.05) is 29.1 Å². The second kappa shape index (κ2) is 6.89. The third-order valence-corrected chi connectivity index (χ3v) is 3.84. The molecular weight excluding hydrogens is 316 g/mol. The molecular formula is C15H17ClN6O. The Kier molecular flexibility index (Phi) is 4.68. The minimum atomic E-state index is 0. The summed E-state index contributed by atoms with van der Waals surface area (Å²) in [4.78, 5) is 8.40. The number of nitrogens with zero attached hydrogens (tertiary/aromatic N) is 5. The molecule has 0 spiro atoms. The minimum Gasteiger partial charge on any atom is -0.332 e. The van der Waals surface area contributed by atoms with Crippen LogP contribution in [0.2, 0.25) is 0 Å². The van der Waals surface area contributed by atoms with Gasteiger partial charge in [-0.05, 0) is 37.6 Å². The van der Waals surface area contributed by atoms with Crippen molar-refractivity contribution in [2.24, 2.45) is 0 Å². The van der Waals surface area contributed by atoms with Crippen LogP contribution in [0, 0.1) is 0 Å². The average molecular weight is 333 g/mol. The van der Waals surface area contributed by atoms with Gasteiger partial charge in [-0.2, -0.15) is 10.1 Å². The molecule has 1 fully saturated rings. The summed E-state index contributed by atoms with van der Waals surface area (Å²) in [5.74, 6) is 0.987. The number of hydrogen-bond donors (Lipinski definition) is 1. The lowest BCUT2D eigenvalue weighted by Gasteiger charge is -2.22. The van der Waals surface area contributed by atoms with Crippen LogP contribution < -0.4 is 5.32 Å². The molecule has 1 atom stereocenters. The molecule has 120 valence electrons. The molecule has 0 radical (unpaired) electrons. The third kappa shape index (κ3) is 3.25. The Hall–Kier alpha value is -2.25. The van der Waals surface area contributed by atoms with E-state index < -0.39 is 0 Å². The fraction of sp³-hybridized carbons (Fsp3) is 0.333. The van der Waals surface area contributed by atoms with E-state index in [1.165, 1.54) is 6.42 Å². The lowest BCUT2D eigenvalue weighted by Crippen LogP contribution is -2.31. The topological polar surface area (TPSA) is 81.7 Å². The minimum absolute atomic E-state index is 0. The highest BCUT2D eigenvalue weighted by molar-refractivity contribution is 5.85. The Morgan fingerprint density at radius 2 is 2.09 bits per heavy atom. The van der Waals surface area contributed by atoms with Gasteiger partial charge in [-0.25, -0.2) is 0 Å². The second-order valence-electron chi connectivity index (χ2n) is 5.34. The van der Waals surface area contributed by atoms with Crippen LogP contribution in [0.1, 0.15) is 18.9 Å². The average Bonchev–Trinajstić information content (AvgIpc) is 3.26. The van der Waals surface area contributed by atoms with E-state index in [0.29, 0.717) is 23.5 Å². The highest BCUT2D eigenvalue weighted by Crippen LogP contribution is 2.22. The van der Waals surface area contributed by atoms with Crippen molar-refractivity contribution in [1.82, 2.24) is 30.2 Å². The molecule has 0 bridgehead atoms. The molecule has 3 aromatic rings. The summed E-state index contributed by atoms with van der Waals surface area (Å²) < 4.78 is 7.32. The van der Waals surface area contributed by atoms with Gasteiger partial charge in [0.2, 0.25) is 5.82 Å². The summed E-state index contributed by atoms with van der Waals surface area (Å²) in [5.41, 5.74) is 1.58. The largest absolute Gasteiger partial charge is 0.332 e. The number of pyridine rings is 1. The first kappa shape index (κ1) is 15.6. The highest BCUT2D eigenvalue weighted by atomic mass is 35.5. The monoisotopic (exact) mass is 332 g/mol. The maximum Gasteiger partial charge on any atom is 0.278 e. The van der Waals surface area contributed by atoms with Crippen molar-refractivity contribution in [3.05, 3.63) is 36.8 Å². The van der Waals surface area contributed by atoms with Gasteiger partial charge < -0.3 is 9.84 Å². The summed E-state index contributed by atoms with van der Waals surface area (Å²) in [6.45, 7) is 2.04. The standard InChI is InChI=1S/C15H16N6O.ClH/c1-2-12(10-17-6-1)21-9-5-13(19-21)15-18-14(20-22-15)11-3-7-16-8-4-11;/h3-5,7-9,12,17H,1-2,6,10H2;1H. The maximum absolute atomic E-state index is 5.33. The molecule has 1 aliphatic rings. The molecule has 0 saturated carbocycles. The highest BCUT2D eigenvalue weighted by Gasteiger charge is 2.18. The molecule has 1 unspecified atom stereocenters. The molecule has 4 heterocycles. The van der Waals surface area contributed by atoms with Crippen molar-refractivity contribution in [2.45, 2.75) is 18.9 Å². The van der Waals surface area contributed by atoms with Gasteiger partial charge in [-0.15, -0.1) is 12.4 Å². The van der Waals surface area contributed by atoms with Crippen LogP contribution in [0.5, 0.6) is 0 Å². The van der Waals surface area contributed by atoms with E-state index in [4.69, 9.17) is 4.52 Å². The smallest absolute Gasteiger partial charge is 0.278 e. The molecule has 0 aromatic carbocycles. The predicted molar refractivity (Wildman–Crippen MR) is 87.1 cm³/mol. The van der Waals surface area contributed by atoms with Crippen LogP contribution in [-0.4, -0.2) is 38.0 Å². The van der Waals surface area contributed by atoms with Gasteiger partial charge in [0.25, 0.3) is 5.89 Å². The van der Waals surface area contributed by atoms with Crippen molar-refractivity contribution in [1.29, 1.82) is 0 Å². The zero-order chi connectivity index (χ0) is 14.8. The van der Waals surface area contributed by atoms with Gasteiger partial charge in [-0.1, -0.05) is 5.16 Å². The first-order chi connectivity index (χ1) is 10.9. The SMILES string of the molecule is Cl.c1cc(-c2noc(-c3ccn(C4CCCNC4)n3)n2)ccn1. The fourth-order valence-corrected chi connectivity index (χ4v) is 2.66. The van der Waals surface area contributed by atoms with E-state index in [9.17, 15) is 0 Å². The van der Waals surface area contributed by atoms with E-state index in [1.54, 1.807) is 12.4 Å². The Labute approximate surface area is 139 Å². The van der Waals surface area contributed by atoms with Crippen molar-refractivity contribution < 1.29 is 4.52 Å². The first-order valence-corrected chi connectivity index (χ1v) is 7.40. The van der Waals surface area contributed by atoms with Gasteiger partial charge in [0.1, 0.15) is 0 Å². The van der Waals surface area contributed by atoms with Gasteiger partial charge >= 0.3 is 0 Å². The summed E-state index contributed by atoms with van der Waals surface area (Å²) in [6, 6.07) is 6.01. The van der Waals surface area contributed by atoms with E-state index in [-0.39, 0.29) is 12.4 Å². The van der Waals surface area contributed by atoms with Crippen molar-refractivity contribution in [2.75, 3.05) is 13.1 Å². The molecule has 23 heavy (non-hydrogen) atoms. The number of aromatic nitrogens is 5. The summed E-state index contributed by atoms with van der Waals surface area (Å²) >= 11 is 0. The van der Waals surface area contributed by atoms with E-state index in [0.717, 1.165) is 25.1 Å². The Morgan fingerprint density at radius 1 is 1.22 bits per heavy atom.